The molecule has 82 valence electrons. The zero-order chi connectivity index (χ0) is 11.4. The highest BCUT2D eigenvalue weighted by atomic mass is 32.2. The molecule has 0 atom stereocenters. The SMILES string of the molecule is COC(=O)c1ccnc(Sc2ncco2)c1. The zero-order valence-corrected chi connectivity index (χ0v) is 9.23. The van der Waals surface area contributed by atoms with Crippen LogP contribution in [0.1, 0.15) is 10.4 Å². The van der Waals surface area contributed by atoms with Crippen molar-refractivity contribution in [1.29, 1.82) is 0 Å². The number of carbonyl (C=O) groups excluding carboxylic acids is 1. The van der Waals surface area contributed by atoms with Gasteiger partial charge >= 0.3 is 5.97 Å². The van der Waals surface area contributed by atoms with Crippen molar-refractivity contribution in [3.05, 3.63) is 36.4 Å². The Morgan fingerprint density at radius 1 is 1.44 bits per heavy atom. The maximum Gasteiger partial charge on any atom is 0.337 e. The molecule has 0 spiro atoms. The summed E-state index contributed by atoms with van der Waals surface area (Å²) in [6.07, 6.45) is 4.57. The molecule has 2 aromatic heterocycles. The topological polar surface area (TPSA) is 65.2 Å². The van der Waals surface area contributed by atoms with E-state index in [1.807, 2.05) is 0 Å². The normalized spacial score (nSPS) is 10.1. The smallest absolute Gasteiger partial charge is 0.337 e. The van der Waals surface area contributed by atoms with E-state index in [0.29, 0.717) is 15.8 Å². The summed E-state index contributed by atoms with van der Waals surface area (Å²) in [5.41, 5.74) is 0.451. The Morgan fingerprint density at radius 3 is 3.00 bits per heavy atom. The van der Waals surface area contributed by atoms with Crippen LogP contribution in [0.3, 0.4) is 0 Å². The molecule has 2 heterocycles. The quantitative estimate of drug-likeness (QED) is 0.759. The van der Waals surface area contributed by atoms with Gasteiger partial charge < -0.3 is 9.15 Å². The number of esters is 1. The fourth-order valence-corrected chi connectivity index (χ4v) is 1.76. The van der Waals surface area contributed by atoms with Gasteiger partial charge in [-0.25, -0.2) is 14.8 Å². The Bertz CT molecular complexity index is 485. The largest absolute Gasteiger partial charge is 0.465 e. The summed E-state index contributed by atoms with van der Waals surface area (Å²) in [4.78, 5) is 19.3. The summed E-state index contributed by atoms with van der Waals surface area (Å²) in [5, 5.41) is 1.11. The van der Waals surface area contributed by atoms with E-state index >= 15 is 0 Å². The van der Waals surface area contributed by atoms with E-state index in [1.165, 1.54) is 31.3 Å². The number of pyridine rings is 1. The third-order valence-corrected chi connectivity index (χ3v) is 2.57. The summed E-state index contributed by atoms with van der Waals surface area (Å²) in [5.74, 6) is -0.392. The van der Waals surface area contributed by atoms with Crippen LogP contribution in [0.4, 0.5) is 0 Å². The monoisotopic (exact) mass is 236 g/mol. The Balaban J connectivity index is 2.19. The second-order valence-corrected chi connectivity index (χ2v) is 3.75. The number of nitrogens with zero attached hydrogens (tertiary/aromatic N) is 2. The van der Waals surface area contributed by atoms with Gasteiger partial charge in [0.15, 0.2) is 0 Å². The van der Waals surface area contributed by atoms with Gasteiger partial charge in [0.2, 0.25) is 0 Å². The highest BCUT2D eigenvalue weighted by molar-refractivity contribution is 7.99. The molecule has 16 heavy (non-hydrogen) atoms. The van der Waals surface area contributed by atoms with Gasteiger partial charge in [-0.15, -0.1) is 0 Å². The van der Waals surface area contributed by atoms with E-state index < -0.39 is 5.97 Å². The average Bonchev–Trinajstić information content (AvgIpc) is 2.81. The van der Waals surface area contributed by atoms with Crippen molar-refractivity contribution >= 4 is 17.7 Å². The number of ether oxygens (including phenoxy) is 1. The van der Waals surface area contributed by atoms with Crippen LogP contribution >= 0.6 is 11.8 Å². The summed E-state index contributed by atoms with van der Waals surface area (Å²) in [7, 11) is 1.34. The molecule has 0 saturated carbocycles. The van der Waals surface area contributed by atoms with Gasteiger partial charge in [0, 0.05) is 6.20 Å². The number of rotatable bonds is 3. The van der Waals surface area contributed by atoms with E-state index in [4.69, 9.17) is 4.42 Å². The lowest BCUT2D eigenvalue weighted by atomic mass is 10.3. The molecule has 0 saturated heterocycles. The first-order valence-corrected chi connectivity index (χ1v) is 5.23. The van der Waals surface area contributed by atoms with Gasteiger partial charge in [0.05, 0.1) is 18.9 Å². The van der Waals surface area contributed by atoms with Crippen LogP contribution in [0.2, 0.25) is 0 Å². The Kier molecular flexibility index (Phi) is 3.21. The molecule has 0 radical (unpaired) electrons. The van der Waals surface area contributed by atoms with Gasteiger partial charge in [0.1, 0.15) is 11.3 Å². The number of methoxy groups -OCH3 is 1. The second kappa shape index (κ2) is 4.80. The summed E-state index contributed by atoms with van der Waals surface area (Å²) >= 11 is 1.24. The molecular weight excluding hydrogens is 228 g/mol. The van der Waals surface area contributed by atoms with Crippen LogP contribution in [0.5, 0.6) is 0 Å². The number of oxazole rings is 1. The van der Waals surface area contributed by atoms with Crippen LogP contribution < -0.4 is 0 Å². The molecule has 0 aromatic carbocycles. The predicted octanol–water partition coefficient (Wildman–Crippen LogP) is 2.01. The van der Waals surface area contributed by atoms with Gasteiger partial charge in [-0.2, -0.15) is 0 Å². The highest BCUT2D eigenvalue weighted by Gasteiger charge is 2.08. The van der Waals surface area contributed by atoms with Crippen LogP contribution in [0.15, 0.2) is 45.5 Å². The molecule has 0 fully saturated rings. The van der Waals surface area contributed by atoms with Gasteiger partial charge in [0.25, 0.3) is 5.22 Å². The lowest BCUT2D eigenvalue weighted by Crippen LogP contribution is -2.01. The first-order valence-electron chi connectivity index (χ1n) is 4.41. The van der Waals surface area contributed by atoms with Gasteiger partial charge in [-0.05, 0) is 23.9 Å². The molecule has 0 aliphatic carbocycles. The molecule has 5 nitrogen and oxygen atoms in total. The lowest BCUT2D eigenvalue weighted by Gasteiger charge is -2.00. The molecule has 0 amide bonds. The van der Waals surface area contributed by atoms with E-state index in [9.17, 15) is 4.79 Å². The lowest BCUT2D eigenvalue weighted by molar-refractivity contribution is 0.0600. The third-order valence-electron chi connectivity index (χ3n) is 1.76. The molecule has 0 bridgehead atoms. The van der Waals surface area contributed by atoms with Crippen molar-refractivity contribution < 1.29 is 13.9 Å². The van der Waals surface area contributed by atoms with E-state index in [-0.39, 0.29) is 0 Å². The number of hydrogen-bond acceptors (Lipinski definition) is 6. The number of hydrogen-bond donors (Lipinski definition) is 0. The first-order chi connectivity index (χ1) is 7.79. The van der Waals surface area contributed by atoms with Crippen molar-refractivity contribution in [1.82, 2.24) is 9.97 Å². The Labute approximate surface area is 95.9 Å². The molecule has 0 unspecified atom stereocenters. The molecule has 6 heteroatoms. The molecule has 2 aromatic rings. The van der Waals surface area contributed by atoms with Crippen molar-refractivity contribution in [2.24, 2.45) is 0 Å². The van der Waals surface area contributed by atoms with Crippen LogP contribution in [-0.2, 0) is 4.74 Å². The van der Waals surface area contributed by atoms with Crippen LogP contribution in [0.25, 0.3) is 0 Å². The molecule has 0 aliphatic heterocycles. The van der Waals surface area contributed by atoms with Gasteiger partial charge in [-0.1, -0.05) is 0 Å². The average molecular weight is 236 g/mol. The van der Waals surface area contributed by atoms with Gasteiger partial charge in [-0.3, -0.25) is 0 Å². The molecular formula is C10H8N2O3S. The minimum Gasteiger partial charge on any atom is -0.465 e. The Hall–Kier alpha value is -1.82. The maximum atomic E-state index is 11.3. The van der Waals surface area contributed by atoms with Crippen molar-refractivity contribution in [2.45, 2.75) is 10.2 Å². The van der Waals surface area contributed by atoms with Crippen molar-refractivity contribution in [3.8, 4) is 0 Å². The molecule has 2 rings (SSSR count). The van der Waals surface area contributed by atoms with E-state index in [1.54, 1.807) is 18.3 Å². The first kappa shape index (κ1) is 10.7. The maximum absolute atomic E-state index is 11.3. The van der Waals surface area contributed by atoms with Crippen molar-refractivity contribution in [2.75, 3.05) is 7.11 Å². The third kappa shape index (κ3) is 2.40. The standard InChI is InChI=1S/C10H8N2O3S/c1-14-9(13)7-2-3-11-8(6-7)16-10-12-4-5-15-10/h2-6H,1H3. The Morgan fingerprint density at radius 2 is 2.31 bits per heavy atom. The summed E-state index contributed by atoms with van der Waals surface area (Å²) in [6, 6.07) is 3.21. The molecule has 0 N–H and O–H groups in total. The summed E-state index contributed by atoms with van der Waals surface area (Å²) < 4.78 is 9.67. The van der Waals surface area contributed by atoms with Crippen LogP contribution in [-0.4, -0.2) is 23.0 Å². The zero-order valence-electron chi connectivity index (χ0n) is 8.41. The minimum atomic E-state index is -0.392. The van der Waals surface area contributed by atoms with Crippen molar-refractivity contribution in [3.63, 3.8) is 0 Å². The van der Waals surface area contributed by atoms with E-state index in [0.717, 1.165) is 0 Å². The second-order valence-electron chi connectivity index (χ2n) is 2.77. The number of aromatic nitrogens is 2. The number of carbonyl (C=O) groups is 1. The predicted molar refractivity (Wildman–Crippen MR) is 56.2 cm³/mol. The fourth-order valence-electron chi connectivity index (χ4n) is 1.06. The molecule has 0 aliphatic rings. The minimum absolute atomic E-state index is 0.392. The summed E-state index contributed by atoms with van der Waals surface area (Å²) in [6.45, 7) is 0. The fraction of sp³-hybridized carbons (Fsp3) is 0.100. The van der Waals surface area contributed by atoms with E-state index in [2.05, 4.69) is 14.7 Å². The van der Waals surface area contributed by atoms with Crippen LogP contribution in [0, 0.1) is 0 Å². The highest BCUT2D eigenvalue weighted by Crippen LogP contribution is 2.24.